The fourth-order valence-corrected chi connectivity index (χ4v) is 4.64. The zero-order valence-corrected chi connectivity index (χ0v) is 21.6. The van der Waals surface area contributed by atoms with Crippen molar-refractivity contribution >= 4 is 45.0 Å². The summed E-state index contributed by atoms with van der Waals surface area (Å²) in [4.78, 5) is 15.3. The second kappa shape index (κ2) is 10.3. The van der Waals surface area contributed by atoms with Gasteiger partial charge in [-0.05, 0) is 36.5 Å². The topological polar surface area (TPSA) is 61.6 Å². The number of hydrogen-bond donors (Lipinski definition) is 1. The van der Waals surface area contributed by atoms with Crippen molar-refractivity contribution in [3.63, 3.8) is 0 Å². The summed E-state index contributed by atoms with van der Waals surface area (Å²) in [5.41, 5.74) is 6.91. The van der Waals surface area contributed by atoms with E-state index in [1.807, 2.05) is 68.4 Å². The van der Waals surface area contributed by atoms with Gasteiger partial charge in [0.05, 0.1) is 11.3 Å². The van der Waals surface area contributed by atoms with Gasteiger partial charge in [-0.1, -0.05) is 53.7 Å². The van der Waals surface area contributed by atoms with E-state index in [-0.39, 0.29) is 26.8 Å². The van der Waals surface area contributed by atoms with Crippen LogP contribution < -0.4 is 4.90 Å². The first-order valence-corrected chi connectivity index (χ1v) is 11.3. The van der Waals surface area contributed by atoms with E-state index in [4.69, 9.17) is 0 Å². The van der Waals surface area contributed by atoms with Crippen LogP contribution in [0.4, 0.5) is 17.1 Å². The van der Waals surface area contributed by atoms with Gasteiger partial charge < -0.3 is 15.0 Å². The molecule has 170 valence electrons. The SMILES string of the molecule is Cc1ccccc1N([C-]=Nc1[c-]c(-c2ncnc3c(C)csc23)ccc1)c1ccccc1O.[Pt+2]. The van der Waals surface area contributed by atoms with Crippen molar-refractivity contribution in [2.24, 2.45) is 4.99 Å². The van der Waals surface area contributed by atoms with Crippen molar-refractivity contribution < 1.29 is 26.2 Å². The molecule has 0 saturated heterocycles. The van der Waals surface area contributed by atoms with E-state index in [0.29, 0.717) is 11.4 Å². The molecular formula is C27H20N4OPtS. The molecule has 0 aliphatic carbocycles. The summed E-state index contributed by atoms with van der Waals surface area (Å²) in [5, 5.41) is 12.6. The van der Waals surface area contributed by atoms with Gasteiger partial charge in [0, 0.05) is 22.4 Å². The summed E-state index contributed by atoms with van der Waals surface area (Å²) in [7, 11) is 0. The minimum absolute atomic E-state index is 0. The number of benzene rings is 3. The number of aryl methyl sites for hydroxylation is 2. The van der Waals surface area contributed by atoms with Crippen LogP contribution in [0, 0.1) is 19.9 Å². The minimum atomic E-state index is 0. The molecule has 0 aliphatic rings. The van der Waals surface area contributed by atoms with Gasteiger partial charge in [0.25, 0.3) is 0 Å². The number of phenols is 1. The Kier molecular flexibility index (Phi) is 7.20. The smallest absolute Gasteiger partial charge is 0.516 e. The molecule has 0 amide bonds. The zero-order valence-electron chi connectivity index (χ0n) is 18.5. The van der Waals surface area contributed by atoms with Gasteiger partial charge in [0.2, 0.25) is 0 Å². The molecule has 5 nitrogen and oxygen atoms in total. The van der Waals surface area contributed by atoms with Crippen molar-refractivity contribution in [2.75, 3.05) is 4.90 Å². The number of aromatic hydroxyl groups is 1. The van der Waals surface area contributed by atoms with Crippen molar-refractivity contribution in [1.82, 2.24) is 9.97 Å². The Hall–Kier alpha value is -3.34. The molecule has 0 radical (unpaired) electrons. The maximum absolute atomic E-state index is 10.5. The number of thiophene rings is 1. The van der Waals surface area contributed by atoms with Gasteiger partial charge in [0.15, 0.2) is 0 Å². The number of nitrogens with zero attached hydrogens (tertiary/aromatic N) is 4. The van der Waals surface area contributed by atoms with Crippen LogP contribution in [0.1, 0.15) is 11.1 Å². The van der Waals surface area contributed by atoms with Crippen LogP contribution in [0.25, 0.3) is 21.5 Å². The second-order valence-corrected chi connectivity index (χ2v) is 8.47. The Bertz CT molecular complexity index is 1440. The van der Waals surface area contributed by atoms with Crippen LogP contribution in [0.5, 0.6) is 5.75 Å². The van der Waals surface area contributed by atoms with E-state index < -0.39 is 0 Å². The molecular weight excluding hydrogens is 623 g/mol. The fraction of sp³-hybridized carbons (Fsp3) is 0.0741. The van der Waals surface area contributed by atoms with Crippen molar-refractivity contribution in [3.8, 4) is 17.0 Å². The van der Waals surface area contributed by atoms with E-state index >= 15 is 0 Å². The Morgan fingerprint density at radius 1 is 0.912 bits per heavy atom. The maximum Gasteiger partial charge on any atom is 2.00 e. The summed E-state index contributed by atoms with van der Waals surface area (Å²) in [6.45, 7) is 4.06. The van der Waals surface area contributed by atoms with Gasteiger partial charge in [-0.3, -0.25) is 4.98 Å². The molecule has 0 saturated carbocycles. The van der Waals surface area contributed by atoms with Crippen LogP contribution in [0.2, 0.25) is 0 Å². The molecule has 5 rings (SSSR count). The van der Waals surface area contributed by atoms with E-state index in [9.17, 15) is 5.11 Å². The van der Waals surface area contributed by atoms with Crippen molar-refractivity contribution in [3.05, 3.63) is 95.6 Å². The van der Waals surface area contributed by atoms with Crippen LogP contribution in [0.15, 0.2) is 83.4 Å². The number of fused-ring (bicyclic) bond motifs is 1. The summed E-state index contributed by atoms with van der Waals surface area (Å²) in [5.74, 6) is 0.151. The second-order valence-electron chi connectivity index (χ2n) is 7.59. The number of anilines is 2. The normalized spacial score (nSPS) is 11.0. The predicted octanol–water partition coefficient (Wildman–Crippen LogP) is 6.85. The third-order valence-corrected chi connectivity index (χ3v) is 6.41. The van der Waals surface area contributed by atoms with Crippen molar-refractivity contribution in [1.29, 1.82) is 0 Å². The Morgan fingerprint density at radius 3 is 2.47 bits per heavy atom. The van der Waals surface area contributed by atoms with E-state index in [2.05, 4.69) is 32.7 Å². The minimum Gasteiger partial charge on any atom is -0.516 e. The van der Waals surface area contributed by atoms with E-state index in [1.54, 1.807) is 34.7 Å². The molecule has 2 heterocycles. The van der Waals surface area contributed by atoms with E-state index in [1.165, 1.54) is 0 Å². The molecule has 0 spiro atoms. The third kappa shape index (κ3) is 4.65. The number of hydrogen-bond acceptors (Lipinski definition) is 5. The average Bonchev–Trinajstić information content (AvgIpc) is 3.22. The van der Waals surface area contributed by atoms with Gasteiger partial charge in [0.1, 0.15) is 6.33 Å². The molecule has 5 aromatic rings. The molecule has 1 N–H and O–H groups in total. The molecule has 0 fully saturated rings. The van der Waals surface area contributed by atoms with Crippen molar-refractivity contribution in [2.45, 2.75) is 13.8 Å². The standard InChI is InChI=1S/C27H20N4OS.Pt/c1-18-8-3-4-11-22(18)31(23-12-5-6-13-24(23)32)17-30-21-10-7-9-20(14-21)26-27-25(28-16-29-26)19(2)15-33-27;/h3-13,15-16,32H,1-2H3;/q-2;+2. The number of aliphatic imine (C=N–C) groups is 1. The van der Waals surface area contributed by atoms with Gasteiger partial charge in [-0.2, -0.15) is 18.2 Å². The number of phenolic OH excluding ortho intramolecular Hbond substituents is 1. The molecule has 3 aromatic carbocycles. The Balaban J connectivity index is 0.00000274. The van der Waals surface area contributed by atoms with Crippen LogP contribution in [-0.2, 0) is 21.1 Å². The molecule has 0 atom stereocenters. The van der Waals surface area contributed by atoms with E-state index in [0.717, 1.165) is 38.3 Å². The Labute approximate surface area is 216 Å². The summed E-state index contributed by atoms with van der Waals surface area (Å²) < 4.78 is 1.03. The molecule has 34 heavy (non-hydrogen) atoms. The molecule has 0 unspecified atom stereocenters. The van der Waals surface area contributed by atoms with Crippen LogP contribution >= 0.6 is 11.3 Å². The number of para-hydroxylation sites is 3. The first kappa shape index (κ1) is 23.8. The molecule has 0 bridgehead atoms. The predicted molar refractivity (Wildman–Crippen MR) is 135 cm³/mol. The first-order chi connectivity index (χ1) is 16.1. The van der Waals surface area contributed by atoms with Gasteiger partial charge in [-0.15, -0.1) is 23.0 Å². The van der Waals surface area contributed by atoms with Crippen LogP contribution in [0.3, 0.4) is 0 Å². The third-order valence-electron chi connectivity index (χ3n) is 5.32. The van der Waals surface area contributed by atoms with Gasteiger partial charge in [-0.25, -0.2) is 4.98 Å². The largest absolute Gasteiger partial charge is 2.00 e. The van der Waals surface area contributed by atoms with Gasteiger partial charge >= 0.3 is 21.1 Å². The number of rotatable bonds is 5. The molecule has 7 heteroatoms. The fourth-order valence-electron chi connectivity index (χ4n) is 3.63. The molecule has 0 aliphatic heterocycles. The zero-order chi connectivity index (χ0) is 22.8. The molecule has 2 aromatic heterocycles. The summed E-state index contributed by atoms with van der Waals surface area (Å²) in [6.07, 6.45) is 4.70. The summed E-state index contributed by atoms with van der Waals surface area (Å²) >= 11 is 1.63. The quantitative estimate of drug-likeness (QED) is 0.0985. The summed E-state index contributed by atoms with van der Waals surface area (Å²) in [6, 6.07) is 24.2. The monoisotopic (exact) mass is 643 g/mol. The average molecular weight is 644 g/mol. The van der Waals surface area contributed by atoms with Crippen LogP contribution in [-0.4, -0.2) is 21.4 Å². The number of aromatic nitrogens is 2. The first-order valence-electron chi connectivity index (χ1n) is 10.4. The Morgan fingerprint density at radius 2 is 1.68 bits per heavy atom. The maximum atomic E-state index is 10.5.